The molecule has 5 rings (SSSR count). The van der Waals surface area contributed by atoms with Crippen molar-refractivity contribution in [2.24, 2.45) is 5.92 Å². The van der Waals surface area contributed by atoms with Crippen molar-refractivity contribution in [3.63, 3.8) is 0 Å². The summed E-state index contributed by atoms with van der Waals surface area (Å²) in [5, 5.41) is 11.7. The maximum absolute atomic E-state index is 12.7. The fourth-order valence-electron chi connectivity index (χ4n) is 4.28. The lowest BCUT2D eigenvalue weighted by Crippen LogP contribution is -2.42. The van der Waals surface area contributed by atoms with E-state index in [0.29, 0.717) is 30.4 Å². The summed E-state index contributed by atoms with van der Waals surface area (Å²) >= 11 is 0. The zero-order valence-electron chi connectivity index (χ0n) is 19.6. The first kappa shape index (κ1) is 22.6. The number of likely N-dealkylation sites (tertiary alicyclic amines) is 1. The molecule has 7 nitrogen and oxygen atoms in total. The maximum Gasteiger partial charge on any atom is 0.321 e. The molecule has 1 aromatic carbocycles. The van der Waals surface area contributed by atoms with E-state index in [1.165, 1.54) is 24.6 Å². The lowest BCUT2D eigenvalue weighted by atomic mass is 9.91. The number of urea groups is 1. The molecule has 1 aliphatic heterocycles. The van der Waals surface area contributed by atoms with Gasteiger partial charge in [0.1, 0.15) is 23.3 Å². The molecule has 35 heavy (non-hydrogen) atoms. The Morgan fingerprint density at radius 2 is 2.03 bits per heavy atom. The molecule has 7 heteroatoms. The standard InChI is InChI=1S/C28H27N5O2/c1-19-18-33(28(34)32-24-8-7-23(15-29)30-16-24)12-11-22(19)13-20-3-2-4-25(14-20)35-26-9-10-27(31-17-26)21-5-6-21/h2-4,7-10,13-14,16-17,19,21H,5-6,11-12,18H2,1H3,(H,32,34). The zero-order valence-corrected chi connectivity index (χ0v) is 19.6. The second-order valence-corrected chi connectivity index (χ2v) is 9.16. The first-order valence-electron chi connectivity index (χ1n) is 11.9. The molecule has 0 spiro atoms. The van der Waals surface area contributed by atoms with Gasteiger partial charge < -0.3 is 15.0 Å². The van der Waals surface area contributed by atoms with Crippen molar-refractivity contribution in [1.29, 1.82) is 5.26 Å². The van der Waals surface area contributed by atoms with Crippen LogP contribution in [0.25, 0.3) is 6.08 Å². The number of anilines is 1. The van der Waals surface area contributed by atoms with Crippen LogP contribution in [0.3, 0.4) is 0 Å². The summed E-state index contributed by atoms with van der Waals surface area (Å²) < 4.78 is 6.03. The number of nitrogens with zero attached hydrogens (tertiary/aromatic N) is 4. The molecule has 2 aromatic heterocycles. The van der Waals surface area contributed by atoms with Gasteiger partial charge in [0.2, 0.25) is 0 Å². The average Bonchev–Trinajstić information content (AvgIpc) is 3.72. The van der Waals surface area contributed by atoms with Crippen LogP contribution in [0.15, 0.2) is 66.5 Å². The fourth-order valence-corrected chi connectivity index (χ4v) is 4.28. The van der Waals surface area contributed by atoms with Gasteiger partial charge in [0.15, 0.2) is 0 Å². The second-order valence-electron chi connectivity index (χ2n) is 9.16. The number of nitriles is 1. The van der Waals surface area contributed by atoms with Crippen molar-refractivity contribution >= 4 is 17.8 Å². The molecule has 1 saturated heterocycles. The molecule has 3 aromatic rings. The fraction of sp³-hybridized carbons (Fsp3) is 0.286. The highest BCUT2D eigenvalue weighted by atomic mass is 16.5. The summed E-state index contributed by atoms with van der Waals surface area (Å²) in [6.45, 7) is 3.42. The molecule has 0 radical (unpaired) electrons. The van der Waals surface area contributed by atoms with Crippen LogP contribution in [-0.2, 0) is 0 Å². The molecule has 176 valence electrons. The van der Waals surface area contributed by atoms with Gasteiger partial charge in [-0.2, -0.15) is 5.26 Å². The van der Waals surface area contributed by atoms with Crippen LogP contribution in [0, 0.1) is 17.2 Å². The Hall–Kier alpha value is -4.18. The van der Waals surface area contributed by atoms with Crippen LogP contribution in [0.1, 0.15) is 49.1 Å². The van der Waals surface area contributed by atoms with Crippen molar-refractivity contribution in [3.05, 3.63) is 83.4 Å². The number of carbonyl (C=O) groups is 1. The Balaban J connectivity index is 1.19. The van der Waals surface area contributed by atoms with E-state index in [1.54, 1.807) is 18.3 Å². The molecule has 1 N–H and O–H groups in total. The van der Waals surface area contributed by atoms with E-state index in [4.69, 9.17) is 10.00 Å². The van der Waals surface area contributed by atoms with Crippen molar-refractivity contribution in [2.75, 3.05) is 18.4 Å². The molecule has 1 aliphatic carbocycles. The minimum atomic E-state index is -0.154. The average molecular weight is 466 g/mol. The van der Waals surface area contributed by atoms with Gasteiger partial charge in [-0.3, -0.25) is 4.98 Å². The molecule has 1 unspecified atom stereocenters. The van der Waals surface area contributed by atoms with Gasteiger partial charge in [-0.15, -0.1) is 0 Å². The first-order chi connectivity index (χ1) is 17.1. The van der Waals surface area contributed by atoms with E-state index in [9.17, 15) is 4.79 Å². The third-order valence-corrected chi connectivity index (χ3v) is 6.41. The quantitative estimate of drug-likeness (QED) is 0.501. The van der Waals surface area contributed by atoms with Crippen LogP contribution in [0.5, 0.6) is 11.5 Å². The number of aromatic nitrogens is 2. The predicted molar refractivity (Wildman–Crippen MR) is 134 cm³/mol. The number of carbonyl (C=O) groups excluding carboxylic acids is 1. The Labute approximate surface area is 205 Å². The van der Waals surface area contributed by atoms with Crippen molar-refractivity contribution in [2.45, 2.75) is 32.1 Å². The number of nitrogens with one attached hydrogen (secondary N) is 1. The molecule has 2 aliphatic rings. The highest BCUT2D eigenvalue weighted by molar-refractivity contribution is 5.89. The molecule has 1 atom stereocenters. The number of amides is 2. The van der Waals surface area contributed by atoms with Crippen LogP contribution < -0.4 is 10.1 Å². The highest BCUT2D eigenvalue weighted by Gasteiger charge is 2.25. The third kappa shape index (κ3) is 5.67. The maximum atomic E-state index is 12.7. The number of hydrogen-bond acceptors (Lipinski definition) is 5. The Morgan fingerprint density at radius 1 is 1.14 bits per heavy atom. The van der Waals surface area contributed by atoms with E-state index in [0.717, 1.165) is 29.2 Å². The summed E-state index contributed by atoms with van der Waals surface area (Å²) in [6.07, 6.45) is 8.78. The van der Waals surface area contributed by atoms with Gasteiger partial charge in [0.05, 0.1) is 18.1 Å². The van der Waals surface area contributed by atoms with Gasteiger partial charge in [-0.25, -0.2) is 9.78 Å². The topological polar surface area (TPSA) is 91.1 Å². The number of ether oxygens (including phenoxy) is 1. The van der Waals surface area contributed by atoms with Crippen LogP contribution >= 0.6 is 0 Å². The Morgan fingerprint density at radius 3 is 2.71 bits per heavy atom. The van der Waals surface area contributed by atoms with E-state index in [-0.39, 0.29) is 11.9 Å². The van der Waals surface area contributed by atoms with E-state index < -0.39 is 0 Å². The highest BCUT2D eigenvalue weighted by Crippen LogP contribution is 2.39. The second kappa shape index (κ2) is 9.98. The molecular formula is C28H27N5O2. The first-order valence-corrected chi connectivity index (χ1v) is 11.9. The Bertz CT molecular complexity index is 1270. The van der Waals surface area contributed by atoms with Gasteiger partial charge >= 0.3 is 6.03 Å². The number of pyridine rings is 2. The van der Waals surface area contributed by atoms with Crippen LogP contribution in [0.4, 0.5) is 10.5 Å². The molecule has 3 heterocycles. The molecule has 2 fully saturated rings. The van der Waals surface area contributed by atoms with E-state index >= 15 is 0 Å². The van der Waals surface area contributed by atoms with Gasteiger partial charge in [0, 0.05) is 24.7 Å². The lowest BCUT2D eigenvalue weighted by Gasteiger charge is -2.33. The van der Waals surface area contributed by atoms with Crippen LogP contribution in [0.2, 0.25) is 0 Å². The summed E-state index contributed by atoms with van der Waals surface area (Å²) in [5.74, 6) is 2.38. The number of piperidine rings is 1. The largest absolute Gasteiger partial charge is 0.456 e. The minimum Gasteiger partial charge on any atom is -0.456 e. The Kier molecular flexibility index (Phi) is 6.44. The number of hydrogen-bond donors (Lipinski definition) is 1. The van der Waals surface area contributed by atoms with Gasteiger partial charge in [0.25, 0.3) is 0 Å². The molecule has 2 amide bonds. The molecule has 1 saturated carbocycles. The summed E-state index contributed by atoms with van der Waals surface area (Å²) in [5.41, 5.74) is 4.44. The zero-order chi connectivity index (χ0) is 24.2. The summed E-state index contributed by atoms with van der Waals surface area (Å²) in [6, 6.07) is 17.2. The molecule has 0 bridgehead atoms. The van der Waals surface area contributed by atoms with Crippen molar-refractivity contribution in [3.8, 4) is 17.6 Å². The number of benzene rings is 1. The summed E-state index contributed by atoms with van der Waals surface area (Å²) in [7, 11) is 0. The minimum absolute atomic E-state index is 0.154. The van der Waals surface area contributed by atoms with Crippen LogP contribution in [-0.4, -0.2) is 34.0 Å². The number of rotatable bonds is 5. The predicted octanol–water partition coefficient (Wildman–Crippen LogP) is 5.98. The monoisotopic (exact) mass is 465 g/mol. The normalized spacial score (nSPS) is 18.7. The summed E-state index contributed by atoms with van der Waals surface area (Å²) in [4.78, 5) is 23.0. The lowest BCUT2D eigenvalue weighted by molar-refractivity contribution is 0.198. The van der Waals surface area contributed by atoms with E-state index in [1.807, 2.05) is 35.2 Å². The van der Waals surface area contributed by atoms with Gasteiger partial charge in [-0.05, 0) is 67.1 Å². The van der Waals surface area contributed by atoms with Crippen molar-refractivity contribution in [1.82, 2.24) is 14.9 Å². The SMILES string of the molecule is CC1CN(C(=O)Nc2ccc(C#N)nc2)CCC1=Cc1cccc(Oc2ccc(C3CC3)nc2)c1. The van der Waals surface area contributed by atoms with E-state index in [2.05, 4.69) is 40.4 Å². The smallest absolute Gasteiger partial charge is 0.321 e. The molecular weight excluding hydrogens is 438 g/mol. The third-order valence-electron chi connectivity index (χ3n) is 6.41. The van der Waals surface area contributed by atoms with Crippen molar-refractivity contribution < 1.29 is 9.53 Å². The van der Waals surface area contributed by atoms with Gasteiger partial charge in [-0.1, -0.05) is 30.7 Å².